The lowest BCUT2D eigenvalue weighted by Crippen LogP contribution is -2.49. The van der Waals surface area contributed by atoms with Crippen molar-refractivity contribution in [3.05, 3.63) is 33.8 Å². The first-order chi connectivity index (χ1) is 16.4. The number of methoxy groups -OCH3 is 1. The van der Waals surface area contributed by atoms with Gasteiger partial charge in [-0.15, -0.1) is 0 Å². The number of nitrogens with zero attached hydrogens (tertiary/aromatic N) is 2. The first-order valence-electron chi connectivity index (χ1n) is 11.4. The maximum absolute atomic E-state index is 13.5. The second-order valence-corrected chi connectivity index (χ2v) is 10.2. The number of hydrogen-bond donors (Lipinski definition) is 1. The summed E-state index contributed by atoms with van der Waals surface area (Å²) in [5.74, 6) is -1.28. The molecule has 1 aliphatic carbocycles. The van der Waals surface area contributed by atoms with Crippen LogP contribution in [0.4, 0.5) is 4.79 Å². The number of hydrogen-bond acceptors (Lipinski definition) is 6. The van der Waals surface area contributed by atoms with Crippen LogP contribution in [0.15, 0.2) is 18.2 Å². The number of amides is 2. The minimum Gasteiger partial charge on any atom is -0.481 e. The van der Waals surface area contributed by atoms with Gasteiger partial charge in [-0.2, -0.15) is 0 Å². The first kappa shape index (κ1) is 29.2. The molecular formula is C24H34Cl2N2O7. The van der Waals surface area contributed by atoms with Crippen molar-refractivity contribution in [1.82, 2.24) is 9.80 Å². The van der Waals surface area contributed by atoms with Crippen LogP contribution < -0.4 is 0 Å². The standard InChI is InChI=1S/C24H34Cl2N2O7/c1-24(2,3)35-23(32)27(11-10-21(30)31)18(14-34-15-33-4)12-20(29)28(17-8-9-17)13-16-6-5-7-19(25)22(16)26/h5-7,17-18H,8-15H2,1-4H3,(H,30,31). The Morgan fingerprint density at radius 1 is 1.20 bits per heavy atom. The molecule has 1 saturated carbocycles. The quantitative estimate of drug-likeness (QED) is 0.292. The number of ether oxygens (including phenoxy) is 3. The molecule has 9 nitrogen and oxygen atoms in total. The highest BCUT2D eigenvalue weighted by Gasteiger charge is 2.36. The Hall–Kier alpha value is -2.07. The summed E-state index contributed by atoms with van der Waals surface area (Å²) in [4.78, 5) is 40.7. The van der Waals surface area contributed by atoms with Gasteiger partial charge in [-0.25, -0.2) is 4.79 Å². The van der Waals surface area contributed by atoms with E-state index in [9.17, 15) is 19.5 Å². The Bertz CT molecular complexity index is 887. The molecule has 196 valence electrons. The Labute approximate surface area is 216 Å². The number of carboxylic acids is 1. The molecule has 1 fully saturated rings. The van der Waals surface area contributed by atoms with E-state index < -0.39 is 23.7 Å². The SMILES string of the molecule is COCOCC(CC(=O)N(Cc1cccc(Cl)c1Cl)C1CC1)N(CCC(=O)O)C(=O)OC(C)(C)C. The van der Waals surface area contributed by atoms with E-state index in [0.717, 1.165) is 18.4 Å². The Morgan fingerprint density at radius 2 is 1.89 bits per heavy atom. The zero-order chi connectivity index (χ0) is 26.2. The van der Waals surface area contributed by atoms with E-state index >= 15 is 0 Å². The minimum atomic E-state index is -1.07. The number of halogens is 2. The van der Waals surface area contributed by atoms with Gasteiger partial charge >= 0.3 is 12.1 Å². The van der Waals surface area contributed by atoms with Crippen LogP contribution >= 0.6 is 23.2 Å². The molecule has 0 aromatic heterocycles. The highest BCUT2D eigenvalue weighted by molar-refractivity contribution is 6.42. The Morgan fingerprint density at radius 3 is 2.46 bits per heavy atom. The van der Waals surface area contributed by atoms with Crippen molar-refractivity contribution in [3.8, 4) is 0 Å². The summed E-state index contributed by atoms with van der Waals surface area (Å²) in [5.41, 5.74) is -0.0781. The van der Waals surface area contributed by atoms with E-state index in [1.165, 1.54) is 12.0 Å². The van der Waals surface area contributed by atoms with Gasteiger partial charge in [-0.05, 0) is 45.2 Å². The van der Waals surface area contributed by atoms with Gasteiger partial charge in [-0.3, -0.25) is 9.59 Å². The summed E-state index contributed by atoms with van der Waals surface area (Å²) in [5, 5.41) is 10.0. The third kappa shape index (κ3) is 9.83. The maximum atomic E-state index is 13.5. The van der Waals surface area contributed by atoms with Crippen LogP contribution in [0, 0.1) is 0 Å². The summed E-state index contributed by atoms with van der Waals surface area (Å²) in [6.07, 6.45) is 0.622. The lowest BCUT2D eigenvalue weighted by Gasteiger charge is -2.34. The summed E-state index contributed by atoms with van der Waals surface area (Å²) >= 11 is 12.5. The summed E-state index contributed by atoms with van der Waals surface area (Å²) < 4.78 is 15.9. The zero-order valence-corrected chi connectivity index (χ0v) is 22.1. The normalized spacial score (nSPS) is 14.3. The predicted molar refractivity (Wildman–Crippen MR) is 131 cm³/mol. The number of aliphatic carboxylic acids is 1. The topological polar surface area (TPSA) is 106 Å². The van der Waals surface area contributed by atoms with Gasteiger partial charge in [-0.1, -0.05) is 35.3 Å². The molecule has 0 aliphatic heterocycles. The van der Waals surface area contributed by atoms with Crippen molar-refractivity contribution in [3.63, 3.8) is 0 Å². The number of carboxylic acid groups (broad SMARTS) is 1. The largest absolute Gasteiger partial charge is 0.481 e. The molecular weight excluding hydrogens is 499 g/mol. The minimum absolute atomic E-state index is 0.0329. The fraction of sp³-hybridized carbons (Fsp3) is 0.625. The van der Waals surface area contributed by atoms with E-state index in [1.54, 1.807) is 37.8 Å². The monoisotopic (exact) mass is 532 g/mol. The van der Waals surface area contributed by atoms with Gasteiger partial charge in [0.25, 0.3) is 0 Å². The highest BCUT2D eigenvalue weighted by Crippen LogP contribution is 2.33. The van der Waals surface area contributed by atoms with Gasteiger partial charge in [0.1, 0.15) is 12.4 Å². The van der Waals surface area contributed by atoms with Crippen molar-refractivity contribution in [1.29, 1.82) is 0 Å². The smallest absolute Gasteiger partial charge is 0.410 e. The van der Waals surface area contributed by atoms with E-state index in [2.05, 4.69) is 0 Å². The molecule has 0 heterocycles. The van der Waals surface area contributed by atoms with Crippen LogP contribution in [0.5, 0.6) is 0 Å². The van der Waals surface area contributed by atoms with Crippen molar-refractivity contribution in [2.45, 2.75) is 70.7 Å². The Balaban J connectivity index is 2.26. The number of rotatable bonds is 13. The molecule has 35 heavy (non-hydrogen) atoms. The van der Waals surface area contributed by atoms with Crippen molar-refractivity contribution in [2.75, 3.05) is 27.1 Å². The van der Waals surface area contributed by atoms with Crippen LogP contribution in [0.1, 0.15) is 52.0 Å². The van der Waals surface area contributed by atoms with E-state index in [-0.39, 0.29) is 51.3 Å². The van der Waals surface area contributed by atoms with Crippen molar-refractivity contribution >= 4 is 41.2 Å². The van der Waals surface area contributed by atoms with Crippen LogP contribution in [0.2, 0.25) is 10.0 Å². The second kappa shape index (κ2) is 13.3. The number of carbonyl (C=O) groups excluding carboxylic acids is 2. The summed E-state index contributed by atoms with van der Waals surface area (Å²) in [7, 11) is 1.46. The van der Waals surface area contributed by atoms with Gasteiger partial charge in [0, 0.05) is 32.7 Å². The molecule has 0 bridgehead atoms. The van der Waals surface area contributed by atoms with Gasteiger partial charge in [0.2, 0.25) is 5.91 Å². The zero-order valence-electron chi connectivity index (χ0n) is 20.6. The maximum Gasteiger partial charge on any atom is 0.410 e. The van der Waals surface area contributed by atoms with Crippen molar-refractivity contribution in [2.24, 2.45) is 0 Å². The molecule has 0 radical (unpaired) electrons. The second-order valence-electron chi connectivity index (χ2n) is 9.42. The van der Waals surface area contributed by atoms with E-state index in [4.69, 9.17) is 37.4 Å². The fourth-order valence-corrected chi connectivity index (χ4v) is 3.85. The highest BCUT2D eigenvalue weighted by atomic mass is 35.5. The molecule has 0 saturated heterocycles. The van der Waals surface area contributed by atoms with E-state index in [1.807, 2.05) is 6.07 Å². The molecule has 1 aromatic carbocycles. The third-order valence-corrected chi connectivity index (χ3v) is 6.10. The van der Waals surface area contributed by atoms with Crippen LogP contribution in [0.25, 0.3) is 0 Å². The molecule has 1 atom stereocenters. The van der Waals surface area contributed by atoms with Gasteiger partial charge in [0.15, 0.2) is 0 Å². The van der Waals surface area contributed by atoms with Crippen LogP contribution in [-0.4, -0.2) is 77.6 Å². The van der Waals surface area contributed by atoms with Gasteiger partial charge in [0.05, 0.1) is 29.1 Å². The van der Waals surface area contributed by atoms with Crippen molar-refractivity contribution < 1.29 is 33.7 Å². The first-order valence-corrected chi connectivity index (χ1v) is 12.2. The molecule has 1 aromatic rings. The number of benzene rings is 1. The van der Waals surface area contributed by atoms with Crippen LogP contribution in [-0.2, 0) is 30.3 Å². The average Bonchev–Trinajstić information content (AvgIpc) is 3.58. The molecule has 2 amide bonds. The average molecular weight is 533 g/mol. The lowest BCUT2D eigenvalue weighted by molar-refractivity contribution is -0.137. The molecule has 1 N–H and O–H groups in total. The van der Waals surface area contributed by atoms with E-state index in [0.29, 0.717) is 10.0 Å². The molecule has 1 aliphatic rings. The third-order valence-electron chi connectivity index (χ3n) is 5.24. The van der Waals surface area contributed by atoms with Gasteiger partial charge < -0.3 is 29.1 Å². The molecule has 2 rings (SSSR count). The van der Waals surface area contributed by atoms with Crippen LogP contribution in [0.3, 0.4) is 0 Å². The molecule has 11 heteroatoms. The fourth-order valence-electron chi connectivity index (χ4n) is 3.47. The summed E-state index contributed by atoms with van der Waals surface area (Å²) in [6, 6.07) is 4.57. The Kier molecular flexibility index (Phi) is 11.1. The molecule has 1 unspecified atom stereocenters. The number of carbonyl (C=O) groups is 3. The molecule has 0 spiro atoms. The predicted octanol–water partition coefficient (Wildman–Crippen LogP) is 4.58. The lowest BCUT2D eigenvalue weighted by atomic mass is 10.1. The summed E-state index contributed by atoms with van der Waals surface area (Å²) in [6.45, 7) is 5.20.